The summed E-state index contributed by atoms with van der Waals surface area (Å²) in [7, 11) is 0. The average molecular weight is 288 g/mol. The number of rotatable bonds is 3. The van der Waals surface area contributed by atoms with E-state index in [0.29, 0.717) is 37.4 Å². The van der Waals surface area contributed by atoms with Crippen molar-refractivity contribution >= 4 is 11.9 Å². The molecule has 0 aromatic heterocycles. The van der Waals surface area contributed by atoms with E-state index in [-0.39, 0.29) is 5.91 Å². The first kappa shape index (κ1) is 15.0. The van der Waals surface area contributed by atoms with E-state index in [2.05, 4.69) is 0 Å². The molecule has 0 spiro atoms. The van der Waals surface area contributed by atoms with Crippen molar-refractivity contribution in [2.24, 2.45) is 0 Å². The van der Waals surface area contributed by atoms with Gasteiger partial charge in [0.25, 0.3) is 5.91 Å². The Labute approximate surface area is 122 Å². The zero-order valence-electron chi connectivity index (χ0n) is 11.7. The van der Waals surface area contributed by atoms with Gasteiger partial charge in [0.05, 0.1) is 30.4 Å². The number of hydrogen-bond acceptors (Lipinski definition) is 5. The summed E-state index contributed by atoms with van der Waals surface area (Å²) < 4.78 is 10.3. The van der Waals surface area contributed by atoms with Crippen LogP contribution in [0.1, 0.15) is 22.8 Å². The predicted molar refractivity (Wildman–Crippen MR) is 73.4 cm³/mol. The normalized spacial score (nSPS) is 15.9. The van der Waals surface area contributed by atoms with E-state index in [1.54, 1.807) is 11.8 Å². The number of benzene rings is 1. The Morgan fingerprint density at radius 1 is 1.29 bits per heavy atom. The maximum Gasteiger partial charge on any atom is 0.338 e. The second-order valence-electron chi connectivity index (χ2n) is 4.67. The number of ether oxygens (including phenoxy) is 2. The molecule has 1 aliphatic rings. The van der Waals surface area contributed by atoms with Crippen LogP contribution in [-0.4, -0.2) is 49.2 Å². The average Bonchev–Trinajstić information content (AvgIpc) is 2.55. The molecule has 0 N–H and O–H groups in total. The maximum absolute atomic E-state index is 12.1. The molecular weight excluding hydrogens is 272 g/mol. The molecule has 21 heavy (non-hydrogen) atoms. The number of carbonyl (C=O) groups excluding carboxylic acids is 2. The van der Waals surface area contributed by atoms with Crippen LogP contribution in [0.25, 0.3) is 0 Å². The van der Waals surface area contributed by atoms with Crippen molar-refractivity contribution in [3.63, 3.8) is 0 Å². The third-order valence-electron chi connectivity index (χ3n) is 3.20. The minimum absolute atomic E-state index is 0.222. The van der Waals surface area contributed by atoms with Crippen molar-refractivity contribution in [1.29, 1.82) is 5.26 Å². The van der Waals surface area contributed by atoms with Gasteiger partial charge in [0.1, 0.15) is 0 Å². The Kier molecular flexibility index (Phi) is 4.90. The lowest BCUT2D eigenvalue weighted by Gasteiger charge is -2.28. The van der Waals surface area contributed by atoms with Crippen LogP contribution in [0.15, 0.2) is 24.3 Å². The number of nitrogens with zero attached hydrogens (tertiary/aromatic N) is 2. The summed E-state index contributed by atoms with van der Waals surface area (Å²) in [4.78, 5) is 25.7. The molecule has 1 amide bonds. The first-order valence-corrected chi connectivity index (χ1v) is 6.69. The predicted octanol–water partition coefficient (Wildman–Crippen LogP) is 0.962. The third-order valence-corrected chi connectivity index (χ3v) is 3.20. The molecule has 2 rings (SSSR count). The molecule has 6 heteroatoms. The van der Waals surface area contributed by atoms with Gasteiger partial charge in [-0.2, -0.15) is 5.26 Å². The smallest absolute Gasteiger partial charge is 0.338 e. The topological polar surface area (TPSA) is 79.6 Å². The zero-order valence-corrected chi connectivity index (χ0v) is 11.7. The first-order chi connectivity index (χ1) is 10.1. The Morgan fingerprint density at radius 2 is 1.90 bits per heavy atom. The van der Waals surface area contributed by atoms with Gasteiger partial charge in [0, 0.05) is 13.1 Å². The standard InChI is InChI=1S/C15H16N2O4/c1-11(14(18)17-6-8-20-9-7-17)21-15(19)13-4-2-12(10-16)3-5-13/h2-5,11H,6-9H2,1H3. The number of morpholine rings is 1. The zero-order chi connectivity index (χ0) is 15.2. The lowest BCUT2D eigenvalue weighted by atomic mass is 10.1. The molecule has 1 aliphatic heterocycles. The maximum atomic E-state index is 12.1. The number of amides is 1. The van der Waals surface area contributed by atoms with Crippen LogP contribution < -0.4 is 0 Å². The second kappa shape index (κ2) is 6.86. The minimum Gasteiger partial charge on any atom is -0.449 e. The van der Waals surface area contributed by atoms with Gasteiger partial charge in [-0.1, -0.05) is 0 Å². The molecule has 1 saturated heterocycles. The van der Waals surface area contributed by atoms with E-state index in [1.165, 1.54) is 24.3 Å². The van der Waals surface area contributed by atoms with Crippen molar-refractivity contribution in [2.45, 2.75) is 13.0 Å². The fourth-order valence-corrected chi connectivity index (χ4v) is 2.00. The van der Waals surface area contributed by atoms with Gasteiger partial charge in [-0.05, 0) is 31.2 Å². The summed E-state index contributed by atoms with van der Waals surface area (Å²) in [6.07, 6.45) is -0.841. The van der Waals surface area contributed by atoms with E-state index < -0.39 is 12.1 Å². The molecule has 1 heterocycles. The quantitative estimate of drug-likeness (QED) is 0.774. The molecule has 1 unspecified atom stereocenters. The van der Waals surface area contributed by atoms with Crippen LogP contribution in [-0.2, 0) is 14.3 Å². The van der Waals surface area contributed by atoms with E-state index in [1.807, 2.05) is 6.07 Å². The molecule has 0 radical (unpaired) electrons. The Bertz CT molecular complexity index is 556. The fourth-order valence-electron chi connectivity index (χ4n) is 2.00. The molecule has 1 aromatic rings. The second-order valence-corrected chi connectivity index (χ2v) is 4.67. The molecule has 1 atom stereocenters. The van der Waals surface area contributed by atoms with E-state index in [4.69, 9.17) is 14.7 Å². The summed E-state index contributed by atoms with van der Waals surface area (Å²) in [6, 6.07) is 8.05. The summed E-state index contributed by atoms with van der Waals surface area (Å²) in [5, 5.41) is 8.70. The van der Waals surface area contributed by atoms with Gasteiger partial charge in [-0.15, -0.1) is 0 Å². The van der Waals surface area contributed by atoms with E-state index >= 15 is 0 Å². The van der Waals surface area contributed by atoms with E-state index in [9.17, 15) is 9.59 Å². The lowest BCUT2D eigenvalue weighted by Crippen LogP contribution is -2.46. The van der Waals surface area contributed by atoms with Gasteiger partial charge in [0.15, 0.2) is 6.10 Å². The van der Waals surface area contributed by atoms with Crippen molar-refractivity contribution < 1.29 is 19.1 Å². The van der Waals surface area contributed by atoms with Gasteiger partial charge in [0.2, 0.25) is 0 Å². The summed E-state index contributed by atoms with van der Waals surface area (Å²) in [5.41, 5.74) is 0.777. The summed E-state index contributed by atoms with van der Waals surface area (Å²) >= 11 is 0. The van der Waals surface area contributed by atoms with Gasteiger partial charge >= 0.3 is 5.97 Å². The third kappa shape index (κ3) is 3.80. The fraction of sp³-hybridized carbons (Fsp3) is 0.400. The summed E-state index contributed by atoms with van der Waals surface area (Å²) in [6.45, 7) is 3.58. The molecule has 1 fully saturated rings. The minimum atomic E-state index is -0.841. The highest BCUT2D eigenvalue weighted by molar-refractivity contribution is 5.92. The molecular formula is C15H16N2O4. The van der Waals surface area contributed by atoms with Crippen LogP contribution >= 0.6 is 0 Å². The lowest BCUT2D eigenvalue weighted by molar-refractivity contribution is -0.143. The molecule has 6 nitrogen and oxygen atoms in total. The number of hydrogen-bond donors (Lipinski definition) is 0. The van der Waals surface area contributed by atoms with Crippen molar-refractivity contribution in [2.75, 3.05) is 26.3 Å². The van der Waals surface area contributed by atoms with Crippen LogP contribution in [0.2, 0.25) is 0 Å². The molecule has 110 valence electrons. The van der Waals surface area contributed by atoms with Crippen molar-refractivity contribution in [3.8, 4) is 6.07 Å². The largest absolute Gasteiger partial charge is 0.449 e. The highest BCUT2D eigenvalue weighted by Crippen LogP contribution is 2.09. The Morgan fingerprint density at radius 3 is 2.48 bits per heavy atom. The number of nitriles is 1. The Balaban J connectivity index is 1.94. The van der Waals surface area contributed by atoms with Gasteiger partial charge in [-0.25, -0.2) is 4.79 Å². The van der Waals surface area contributed by atoms with Crippen LogP contribution in [0.5, 0.6) is 0 Å². The SMILES string of the molecule is CC(OC(=O)c1ccc(C#N)cc1)C(=O)N1CCOCC1. The van der Waals surface area contributed by atoms with Crippen LogP contribution in [0.3, 0.4) is 0 Å². The van der Waals surface area contributed by atoms with Crippen LogP contribution in [0.4, 0.5) is 0 Å². The van der Waals surface area contributed by atoms with Crippen molar-refractivity contribution in [3.05, 3.63) is 35.4 Å². The summed E-state index contributed by atoms with van der Waals surface area (Å²) in [5.74, 6) is -0.797. The van der Waals surface area contributed by atoms with Gasteiger partial charge in [-0.3, -0.25) is 4.79 Å². The van der Waals surface area contributed by atoms with Crippen LogP contribution in [0, 0.1) is 11.3 Å². The molecule has 1 aromatic carbocycles. The number of esters is 1. The molecule has 0 aliphatic carbocycles. The number of carbonyl (C=O) groups is 2. The molecule has 0 bridgehead atoms. The van der Waals surface area contributed by atoms with Gasteiger partial charge < -0.3 is 14.4 Å². The highest BCUT2D eigenvalue weighted by Gasteiger charge is 2.25. The first-order valence-electron chi connectivity index (χ1n) is 6.69. The van der Waals surface area contributed by atoms with E-state index in [0.717, 1.165) is 0 Å². The Hall–Kier alpha value is -2.39. The molecule has 0 saturated carbocycles. The highest BCUT2D eigenvalue weighted by atomic mass is 16.5. The van der Waals surface area contributed by atoms with Crippen molar-refractivity contribution in [1.82, 2.24) is 4.90 Å². The monoisotopic (exact) mass is 288 g/mol.